The fraction of sp³-hybridized carbons (Fsp3) is 0.321. The average Bonchev–Trinajstić information content (AvgIpc) is 3.31. The number of nitrogens with one attached hydrogen (secondary N) is 1. The molecule has 1 aliphatic heterocycles. The standard InChI is InChI=1S/C28H30Cl2N4O4/c1-6-25(35)33-21-14-34(16(2)15-36-3)13-19(21)10-24-31-12-18-9-17(7-8-20(18)32-24)26-27(29)22(37-4)11-23(38-5)28(26)30/h6-9,11-12,19,21H,1-2,10,13-15H2,3-5H3,(H,33,35)/t19-,21+/m1/s1. The highest BCUT2D eigenvalue weighted by molar-refractivity contribution is 6.41. The summed E-state index contributed by atoms with van der Waals surface area (Å²) in [6, 6.07) is 7.31. The number of likely N-dealkylation sites (tertiary alicyclic amines) is 1. The molecule has 2 heterocycles. The summed E-state index contributed by atoms with van der Waals surface area (Å²) >= 11 is 13.2. The van der Waals surface area contributed by atoms with Gasteiger partial charge in [-0.3, -0.25) is 4.79 Å². The van der Waals surface area contributed by atoms with E-state index in [0.717, 1.165) is 22.2 Å². The first-order valence-electron chi connectivity index (χ1n) is 12.0. The molecule has 1 aromatic heterocycles. The molecule has 10 heteroatoms. The molecular formula is C28H30Cl2N4O4. The average molecular weight is 557 g/mol. The van der Waals surface area contributed by atoms with Crippen LogP contribution >= 0.6 is 23.2 Å². The number of carbonyl (C=O) groups is 1. The van der Waals surface area contributed by atoms with Gasteiger partial charge in [0.2, 0.25) is 5.91 Å². The molecule has 2 atom stereocenters. The Bertz CT molecular complexity index is 1350. The number of nitrogens with zero attached hydrogens (tertiary/aromatic N) is 3. The lowest BCUT2D eigenvalue weighted by molar-refractivity contribution is -0.117. The first-order valence-corrected chi connectivity index (χ1v) is 12.8. The van der Waals surface area contributed by atoms with Gasteiger partial charge in [-0.25, -0.2) is 9.97 Å². The second kappa shape index (κ2) is 12.0. The molecule has 1 aliphatic rings. The monoisotopic (exact) mass is 556 g/mol. The van der Waals surface area contributed by atoms with Crippen LogP contribution in [-0.4, -0.2) is 67.8 Å². The van der Waals surface area contributed by atoms with Crippen LogP contribution in [0.25, 0.3) is 22.0 Å². The molecule has 1 fully saturated rings. The predicted molar refractivity (Wildman–Crippen MR) is 150 cm³/mol. The highest BCUT2D eigenvalue weighted by Crippen LogP contribution is 2.46. The lowest BCUT2D eigenvalue weighted by Gasteiger charge is -2.20. The van der Waals surface area contributed by atoms with E-state index in [1.807, 2.05) is 18.2 Å². The van der Waals surface area contributed by atoms with Crippen molar-refractivity contribution in [2.75, 3.05) is 41.0 Å². The summed E-state index contributed by atoms with van der Waals surface area (Å²) in [6.07, 6.45) is 3.65. The minimum Gasteiger partial charge on any atom is -0.495 e. The zero-order valence-electron chi connectivity index (χ0n) is 21.6. The predicted octanol–water partition coefficient (Wildman–Crippen LogP) is 4.93. The van der Waals surface area contributed by atoms with Crippen LogP contribution < -0.4 is 14.8 Å². The summed E-state index contributed by atoms with van der Waals surface area (Å²) in [5.74, 6) is 1.49. The van der Waals surface area contributed by atoms with E-state index in [4.69, 9.17) is 42.4 Å². The Morgan fingerprint density at radius 2 is 1.87 bits per heavy atom. The van der Waals surface area contributed by atoms with Crippen molar-refractivity contribution in [3.63, 3.8) is 0 Å². The van der Waals surface area contributed by atoms with Gasteiger partial charge >= 0.3 is 0 Å². The zero-order chi connectivity index (χ0) is 27.4. The maximum atomic E-state index is 12.1. The normalized spacial score (nSPS) is 16.9. The lowest BCUT2D eigenvalue weighted by Crippen LogP contribution is -2.40. The molecule has 2 aromatic carbocycles. The van der Waals surface area contributed by atoms with Gasteiger partial charge in [0.25, 0.3) is 0 Å². The van der Waals surface area contributed by atoms with Crippen LogP contribution in [0.15, 0.2) is 55.4 Å². The minimum atomic E-state index is -0.211. The highest BCUT2D eigenvalue weighted by atomic mass is 35.5. The van der Waals surface area contributed by atoms with Crippen LogP contribution in [0.3, 0.4) is 0 Å². The third-order valence-electron chi connectivity index (χ3n) is 6.65. The Balaban J connectivity index is 1.62. The Labute approximate surface area is 232 Å². The van der Waals surface area contributed by atoms with Crippen molar-refractivity contribution >= 4 is 40.0 Å². The summed E-state index contributed by atoms with van der Waals surface area (Å²) in [6.45, 7) is 9.45. The Morgan fingerprint density at radius 3 is 2.50 bits per heavy atom. The van der Waals surface area contributed by atoms with Gasteiger partial charge < -0.3 is 24.4 Å². The van der Waals surface area contributed by atoms with Gasteiger partial charge in [-0.2, -0.15) is 0 Å². The van der Waals surface area contributed by atoms with Gasteiger partial charge in [-0.05, 0) is 23.8 Å². The topological polar surface area (TPSA) is 85.8 Å². The summed E-state index contributed by atoms with van der Waals surface area (Å²) < 4.78 is 16.0. The molecule has 0 radical (unpaired) electrons. The van der Waals surface area contributed by atoms with Crippen LogP contribution in [0.2, 0.25) is 10.0 Å². The number of hydrogen-bond acceptors (Lipinski definition) is 7. The summed E-state index contributed by atoms with van der Waals surface area (Å²) in [7, 11) is 4.72. The lowest BCUT2D eigenvalue weighted by atomic mass is 9.98. The molecule has 1 N–H and O–H groups in total. The van der Waals surface area contributed by atoms with Crippen LogP contribution in [0.5, 0.6) is 11.5 Å². The van der Waals surface area contributed by atoms with Crippen molar-refractivity contribution in [2.45, 2.75) is 12.5 Å². The van der Waals surface area contributed by atoms with E-state index in [9.17, 15) is 4.79 Å². The van der Waals surface area contributed by atoms with Crippen molar-refractivity contribution in [3.8, 4) is 22.6 Å². The Hall–Kier alpha value is -3.33. The molecule has 8 nitrogen and oxygen atoms in total. The van der Waals surface area contributed by atoms with Crippen molar-refractivity contribution in [1.82, 2.24) is 20.2 Å². The molecule has 200 valence electrons. The van der Waals surface area contributed by atoms with Crippen molar-refractivity contribution in [2.24, 2.45) is 5.92 Å². The fourth-order valence-corrected chi connectivity index (χ4v) is 5.42. The number of benzene rings is 2. The van der Waals surface area contributed by atoms with Gasteiger partial charge in [-0.15, -0.1) is 0 Å². The van der Waals surface area contributed by atoms with Gasteiger partial charge in [0.05, 0.1) is 42.4 Å². The molecule has 0 bridgehead atoms. The number of fused-ring (bicyclic) bond motifs is 1. The Morgan fingerprint density at radius 1 is 1.16 bits per heavy atom. The number of amides is 1. The van der Waals surface area contributed by atoms with E-state index in [2.05, 4.69) is 28.4 Å². The van der Waals surface area contributed by atoms with Crippen LogP contribution in [-0.2, 0) is 16.0 Å². The number of halogens is 2. The quantitative estimate of drug-likeness (QED) is 0.354. The van der Waals surface area contributed by atoms with Crippen molar-refractivity contribution in [1.29, 1.82) is 0 Å². The number of hydrogen-bond donors (Lipinski definition) is 1. The maximum Gasteiger partial charge on any atom is 0.243 e. The van der Waals surface area contributed by atoms with E-state index in [1.165, 1.54) is 6.08 Å². The fourth-order valence-electron chi connectivity index (χ4n) is 4.70. The number of rotatable bonds is 10. The van der Waals surface area contributed by atoms with Crippen LogP contribution in [0.1, 0.15) is 5.82 Å². The van der Waals surface area contributed by atoms with Gasteiger partial charge in [0, 0.05) is 61.4 Å². The van der Waals surface area contributed by atoms with E-state index in [1.54, 1.807) is 33.6 Å². The Kier molecular flexibility index (Phi) is 8.76. The summed E-state index contributed by atoms with van der Waals surface area (Å²) in [4.78, 5) is 23.6. The molecular weight excluding hydrogens is 527 g/mol. The third kappa shape index (κ3) is 5.72. The summed E-state index contributed by atoms with van der Waals surface area (Å²) in [5, 5.41) is 4.65. The first kappa shape index (κ1) is 27.7. The molecule has 4 rings (SSSR count). The second-order valence-corrected chi connectivity index (χ2v) is 9.79. The maximum absolute atomic E-state index is 12.1. The second-order valence-electron chi connectivity index (χ2n) is 9.03. The molecule has 38 heavy (non-hydrogen) atoms. The van der Waals surface area contributed by atoms with Crippen molar-refractivity contribution in [3.05, 3.63) is 71.3 Å². The third-order valence-corrected chi connectivity index (χ3v) is 7.40. The number of methoxy groups -OCH3 is 3. The van der Waals surface area contributed by atoms with E-state index < -0.39 is 0 Å². The van der Waals surface area contributed by atoms with Gasteiger partial charge in [-0.1, -0.05) is 42.4 Å². The number of aromatic nitrogens is 2. The molecule has 0 spiro atoms. The van der Waals surface area contributed by atoms with Gasteiger partial charge in [0.15, 0.2) is 0 Å². The molecule has 0 unspecified atom stereocenters. The zero-order valence-corrected chi connectivity index (χ0v) is 23.1. The largest absolute Gasteiger partial charge is 0.495 e. The van der Waals surface area contributed by atoms with Gasteiger partial charge in [0.1, 0.15) is 17.3 Å². The molecule has 0 saturated carbocycles. The van der Waals surface area contributed by atoms with E-state index in [-0.39, 0.29) is 17.9 Å². The SMILES string of the molecule is C=CC(=O)N[C@H]1CN(C(=C)COC)C[C@H]1Cc1ncc2cc(-c3c(Cl)c(OC)cc(OC)c3Cl)ccc2n1. The summed E-state index contributed by atoms with van der Waals surface area (Å²) in [5.41, 5.74) is 3.05. The van der Waals surface area contributed by atoms with E-state index >= 15 is 0 Å². The molecule has 3 aromatic rings. The van der Waals surface area contributed by atoms with Crippen molar-refractivity contribution < 1.29 is 19.0 Å². The number of carbonyl (C=O) groups excluding carboxylic acids is 1. The number of ether oxygens (including phenoxy) is 3. The highest BCUT2D eigenvalue weighted by Gasteiger charge is 2.34. The molecule has 1 saturated heterocycles. The molecule has 1 amide bonds. The minimum absolute atomic E-state index is 0.0890. The van der Waals surface area contributed by atoms with Crippen LogP contribution in [0.4, 0.5) is 0 Å². The molecule has 0 aliphatic carbocycles. The van der Waals surface area contributed by atoms with Crippen LogP contribution in [0, 0.1) is 5.92 Å². The smallest absolute Gasteiger partial charge is 0.243 e. The van der Waals surface area contributed by atoms with E-state index in [0.29, 0.717) is 59.0 Å². The first-order chi connectivity index (χ1) is 18.3.